The summed E-state index contributed by atoms with van der Waals surface area (Å²) < 4.78 is 11.1. The number of rotatable bonds is 2. The lowest BCUT2D eigenvalue weighted by molar-refractivity contribution is 0.108. The molecule has 2 heterocycles. The fourth-order valence-electron chi connectivity index (χ4n) is 2.84. The van der Waals surface area contributed by atoms with Crippen molar-refractivity contribution >= 4 is 5.69 Å². The zero-order valence-corrected chi connectivity index (χ0v) is 11.2. The van der Waals surface area contributed by atoms with Crippen molar-refractivity contribution in [2.75, 3.05) is 31.7 Å². The molecular weight excluding hydrogens is 242 g/mol. The van der Waals surface area contributed by atoms with Crippen LogP contribution >= 0.6 is 0 Å². The predicted molar refractivity (Wildman–Crippen MR) is 74.6 cm³/mol. The molecule has 5 heteroatoms. The van der Waals surface area contributed by atoms with E-state index in [0.29, 0.717) is 6.61 Å². The summed E-state index contributed by atoms with van der Waals surface area (Å²) in [6.45, 7) is 2.24. The van der Waals surface area contributed by atoms with Gasteiger partial charge in [-0.25, -0.2) is 0 Å². The normalized spacial score (nSPS) is 30.1. The highest BCUT2D eigenvalue weighted by Gasteiger charge is 2.30. The number of ether oxygens (including phenoxy) is 2. The molecule has 1 aromatic carbocycles. The Morgan fingerprint density at radius 2 is 2.16 bits per heavy atom. The third-order valence-electron chi connectivity index (χ3n) is 3.96. The van der Waals surface area contributed by atoms with Crippen LogP contribution in [0.1, 0.15) is 5.56 Å². The van der Waals surface area contributed by atoms with E-state index in [-0.39, 0.29) is 18.2 Å². The second kappa shape index (κ2) is 5.00. The monoisotopic (exact) mass is 263 g/mol. The number of benzene rings is 1. The summed E-state index contributed by atoms with van der Waals surface area (Å²) >= 11 is 0. The molecule has 1 aromatic rings. The van der Waals surface area contributed by atoms with Crippen LogP contribution in [0.25, 0.3) is 0 Å². The highest BCUT2D eigenvalue weighted by atomic mass is 16.5. The minimum Gasteiger partial charge on any atom is -0.492 e. The van der Waals surface area contributed by atoms with E-state index in [2.05, 4.69) is 23.1 Å². The van der Waals surface area contributed by atoms with Gasteiger partial charge in [-0.1, -0.05) is 6.07 Å². The molecule has 3 rings (SSSR count). The zero-order valence-electron chi connectivity index (χ0n) is 11.2. The van der Waals surface area contributed by atoms with Crippen LogP contribution in [0.5, 0.6) is 5.75 Å². The van der Waals surface area contributed by atoms with Crippen LogP contribution in [0.4, 0.5) is 5.69 Å². The van der Waals surface area contributed by atoms with Crippen LogP contribution in [0, 0.1) is 0 Å². The smallest absolute Gasteiger partial charge is 0.124 e. The highest BCUT2D eigenvalue weighted by Crippen LogP contribution is 2.31. The summed E-state index contributed by atoms with van der Waals surface area (Å²) in [5.74, 6) is 0.952. The SMILES string of the molecule is COC1CN(c2ccc3c(c2)OC[C@H](N)C3)CC1N. The lowest BCUT2D eigenvalue weighted by Crippen LogP contribution is -2.34. The van der Waals surface area contributed by atoms with E-state index in [1.807, 2.05) is 0 Å². The van der Waals surface area contributed by atoms with E-state index in [9.17, 15) is 0 Å². The first kappa shape index (κ1) is 12.7. The molecule has 3 atom stereocenters. The number of anilines is 1. The highest BCUT2D eigenvalue weighted by molar-refractivity contribution is 5.55. The Morgan fingerprint density at radius 3 is 2.89 bits per heavy atom. The summed E-state index contributed by atoms with van der Waals surface area (Å²) in [5.41, 5.74) is 14.3. The van der Waals surface area contributed by atoms with Gasteiger partial charge in [-0.3, -0.25) is 0 Å². The molecule has 0 saturated carbocycles. The first-order valence-corrected chi connectivity index (χ1v) is 6.72. The number of hydrogen-bond acceptors (Lipinski definition) is 5. The molecule has 2 aliphatic heterocycles. The van der Waals surface area contributed by atoms with E-state index >= 15 is 0 Å². The molecule has 0 bridgehead atoms. The minimum absolute atomic E-state index is 0.0652. The summed E-state index contributed by atoms with van der Waals surface area (Å²) in [7, 11) is 1.71. The van der Waals surface area contributed by atoms with Crippen molar-refractivity contribution in [3.8, 4) is 5.75 Å². The molecule has 0 amide bonds. The van der Waals surface area contributed by atoms with E-state index < -0.39 is 0 Å². The maximum Gasteiger partial charge on any atom is 0.124 e. The van der Waals surface area contributed by atoms with Crippen LogP contribution in [0.3, 0.4) is 0 Å². The number of hydrogen-bond donors (Lipinski definition) is 2. The van der Waals surface area contributed by atoms with E-state index in [1.54, 1.807) is 7.11 Å². The standard InChI is InChI=1S/C14H21N3O2/c1-18-14-7-17(6-12(14)16)11-3-2-9-4-10(15)8-19-13(9)5-11/h2-3,5,10,12,14H,4,6-8,15-16H2,1H3/t10-,12?,14?/m1/s1. The van der Waals surface area contributed by atoms with Crippen LogP contribution in [-0.2, 0) is 11.2 Å². The lowest BCUT2D eigenvalue weighted by atomic mass is 10.0. The van der Waals surface area contributed by atoms with Gasteiger partial charge in [-0.2, -0.15) is 0 Å². The van der Waals surface area contributed by atoms with Gasteiger partial charge in [-0.05, 0) is 18.1 Å². The van der Waals surface area contributed by atoms with Crippen molar-refractivity contribution in [1.29, 1.82) is 0 Å². The Labute approximate surface area is 113 Å². The van der Waals surface area contributed by atoms with Crippen molar-refractivity contribution < 1.29 is 9.47 Å². The van der Waals surface area contributed by atoms with Crippen molar-refractivity contribution in [2.45, 2.75) is 24.6 Å². The average Bonchev–Trinajstić information content (AvgIpc) is 2.79. The fraction of sp³-hybridized carbons (Fsp3) is 0.571. The molecule has 4 N–H and O–H groups in total. The number of nitrogens with zero attached hydrogens (tertiary/aromatic N) is 1. The minimum atomic E-state index is 0.0652. The third kappa shape index (κ3) is 2.41. The quantitative estimate of drug-likeness (QED) is 0.792. The maximum atomic E-state index is 6.06. The van der Waals surface area contributed by atoms with Crippen LogP contribution < -0.4 is 21.1 Å². The molecule has 1 saturated heterocycles. The lowest BCUT2D eigenvalue weighted by Gasteiger charge is -2.25. The summed E-state index contributed by atoms with van der Waals surface area (Å²) in [6.07, 6.45) is 0.987. The van der Waals surface area contributed by atoms with Crippen molar-refractivity contribution in [3.63, 3.8) is 0 Å². The van der Waals surface area contributed by atoms with Crippen molar-refractivity contribution in [3.05, 3.63) is 23.8 Å². The van der Waals surface area contributed by atoms with Gasteiger partial charge >= 0.3 is 0 Å². The Bertz CT molecular complexity index is 466. The second-order valence-corrected chi connectivity index (χ2v) is 5.41. The molecule has 19 heavy (non-hydrogen) atoms. The van der Waals surface area contributed by atoms with Crippen LogP contribution in [-0.4, -0.2) is 45.0 Å². The maximum absolute atomic E-state index is 6.06. The van der Waals surface area contributed by atoms with Gasteiger partial charge < -0.3 is 25.8 Å². The van der Waals surface area contributed by atoms with Gasteiger partial charge in [0, 0.05) is 38.0 Å². The van der Waals surface area contributed by atoms with Gasteiger partial charge in [0.1, 0.15) is 12.4 Å². The Balaban J connectivity index is 1.80. The van der Waals surface area contributed by atoms with Crippen LogP contribution in [0.15, 0.2) is 18.2 Å². The van der Waals surface area contributed by atoms with Gasteiger partial charge in [0.05, 0.1) is 12.1 Å². The average molecular weight is 263 g/mol. The number of fused-ring (bicyclic) bond motifs is 1. The Hall–Kier alpha value is -1.30. The summed E-state index contributed by atoms with van der Waals surface area (Å²) in [4.78, 5) is 2.25. The van der Waals surface area contributed by atoms with E-state index in [4.69, 9.17) is 20.9 Å². The second-order valence-electron chi connectivity index (χ2n) is 5.41. The number of methoxy groups -OCH3 is 1. The largest absolute Gasteiger partial charge is 0.492 e. The predicted octanol–water partition coefficient (Wildman–Crippen LogP) is 0.111. The van der Waals surface area contributed by atoms with Gasteiger partial charge in [0.2, 0.25) is 0 Å². The fourth-order valence-corrected chi connectivity index (χ4v) is 2.84. The molecule has 0 aromatic heterocycles. The molecule has 5 nitrogen and oxygen atoms in total. The van der Waals surface area contributed by atoms with Crippen molar-refractivity contribution in [1.82, 2.24) is 0 Å². The zero-order chi connectivity index (χ0) is 13.4. The molecule has 0 radical (unpaired) electrons. The summed E-state index contributed by atoms with van der Waals surface area (Å²) in [5, 5.41) is 0. The van der Waals surface area contributed by atoms with E-state index in [0.717, 1.165) is 30.9 Å². The Morgan fingerprint density at radius 1 is 1.32 bits per heavy atom. The van der Waals surface area contributed by atoms with E-state index in [1.165, 1.54) is 5.56 Å². The molecular formula is C14H21N3O2. The topological polar surface area (TPSA) is 73.7 Å². The molecule has 1 fully saturated rings. The molecule has 0 aliphatic carbocycles. The molecule has 104 valence electrons. The number of nitrogens with two attached hydrogens (primary N) is 2. The first-order valence-electron chi connectivity index (χ1n) is 6.72. The first-order chi connectivity index (χ1) is 9.17. The molecule has 2 unspecified atom stereocenters. The van der Waals surface area contributed by atoms with Gasteiger partial charge in [0.25, 0.3) is 0 Å². The van der Waals surface area contributed by atoms with Gasteiger partial charge in [-0.15, -0.1) is 0 Å². The Kier molecular flexibility index (Phi) is 3.35. The van der Waals surface area contributed by atoms with Crippen molar-refractivity contribution in [2.24, 2.45) is 11.5 Å². The molecule has 2 aliphatic rings. The van der Waals surface area contributed by atoms with Gasteiger partial charge in [0.15, 0.2) is 0 Å². The summed E-state index contributed by atoms with van der Waals surface area (Å²) in [6, 6.07) is 6.48. The van der Waals surface area contributed by atoms with Crippen LogP contribution in [0.2, 0.25) is 0 Å². The third-order valence-corrected chi connectivity index (χ3v) is 3.96. The molecule has 0 spiro atoms.